The van der Waals surface area contributed by atoms with Gasteiger partial charge in [-0.05, 0) is 6.08 Å². The molecule has 0 spiro atoms. The predicted molar refractivity (Wildman–Crippen MR) is 58.8 cm³/mol. The largest absolute Gasteiger partial charge is 0.484 e. The molecule has 2 rings (SSSR count). The highest BCUT2D eigenvalue weighted by Crippen LogP contribution is 2.19. The topological polar surface area (TPSA) is 41.5 Å². The zero-order valence-electron chi connectivity index (χ0n) is 9.07. The van der Waals surface area contributed by atoms with Gasteiger partial charge in [0.25, 0.3) is 0 Å². The lowest BCUT2D eigenvalue weighted by molar-refractivity contribution is 0.136. The Hall–Kier alpha value is -1.46. The summed E-state index contributed by atoms with van der Waals surface area (Å²) >= 11 is 0. The second-order valence-corrected chi connectivity index (χ2v) is 3.81. The Morgan fingerprint density at radius 3 is 2.65 bits per heavy atom. The summed E-state index contributed by atoms with van der Waals surface area (Å²) in [6.07, 6.45) is 3.17. The first-order valence-electron chi connectivity index (χ1n) is 5.32. The number of ether oxygens (including phenoxy) is 1. The van der Waals surface area contributed by atoms with Crippen molar-refractivity contribution in [1.82, 2.24) is 5.32 Å². The van der Waals surface area contributed by atoms with Crippen LogP contribution in [0.2, 0.25) is 0 Å². The lowest BCUT2D eigenvalue weighted by Crippen LogP contribution is -2.47. The van der Waals surface area contributed by atoms with Crippen molar-refractivity contribution < 1.29 is 18.6 Å². The smallest absolute Gasteiger partial charge is 0.134 e. The van der Waals surface area contributed by atoms with E-state index in [-0.39, 0.29) is 18.4 Å². The first kappa shape index (κ1) is 12.0. The van der Waals surface area contributed by atoms with Crippen LogP contribution >= 0.6 is 0 Å². The minimum Gasteiger partial charge on any atom is -0.484 e. The van der Waals surface area contributed by atoms with Crippen LogP contribution in [0.15, 0.2) is 30.4 Å². The van der Waals surface area contributed by atoms with Gasteiger partial charge in [-0.3, -0.25) is 0 Å². The maximum absolute atomic E-state index is 13.0. The van der Waals surface area contributed by atoms with Crippen LogP contribution in [-0.2, 0) is 0 Å². The number of nitrogens with one attached hydrogen (secondary N) is 1. The van der Waals surface area contributed by atoms with E-state index in [9.17, 15) is 8.78 Å². The highest BCUT2D eigenvalue weighted by atomic mass is 19.1. The summed E-state index contributed by atoms with van der Waals surface area (Å²) in [4.78, 5) is 0. The maximum Gasteiger partial charge on any atom is 0.134 e. The molecular weight excluding hydrogens is 228 g/mol. The van der Waals surface area contributed by atoms with Crippen LogP contribution < -0.4 is 10.1 Å². The number of hydrogen-bond acceptors (Lipinski definition) is 3. The van der Waals surface area contributed by atoms with Crippen LogP contribution in [0.4, 0.5) is 8.78 Å². The van der Waals surface area contributed by atoms with Gasteiger partial charge in [-0.25, -0.2) is 8.78 Å². The molecule has 0 fully saturated rings. The van der Waals surface area contributed by atoms with Crippen molar-refractivity contribution in [3.05, 3.63) is 42.0 Å². The molecule has 0 aliphatic carbocycles. The molecule has 0 aromatic heterocycles. The fraction of sp³-hybridized carbons (Fsp3) is 0.333. The van der Waals surface area contributed by atoms with Crippen molar-refractivity contribution in [3.8, 4) is 5.75 Å². The van der Waals surface area contributed by atoms with Crippen molar-refractivity contribution in [2.45, 2.75) is 12.1 Å². The second-order valence-electron chi connectivity index (χ2n) is 3.81. The molecule has 5 heteroatoms. The molecule has 1 aromatic carbocycles. The Balaban J connectivity index is 2.13. The van der Waals surface area contributed by atoms with Gasteiger partial charge in [0.05, 0.1) is 12.6 Å². The van der Waals surface area contributed by atoms with E-state index in [1.165, 1.54) is 0 Å². The van der Waals surface area contributed by atoms with E-state index in [2.05, 4.69) is 5.32 Å². The molecule has 1 aliphatic heterocycles. The molecule has 1 aliphatic rings. The maximum atomic E-state index is 13.0. The van der Waals surface area contributed by atoms with E-state index in [1.54, 1.807) is 6.08 Å². The molecule has 2 N–H and O–H groups in total. The third kappa shape index (κ3) is 3.01. The molecule has 0 saturated carbocycles. The zero-order chi connectivity index (χ0) is 12.3. The summed E-state index contributed by atoms with van der Waals surface area (Å²) < 4.78 is 31.3. The van der Waals surface area contributed by atoms with E-state index in [1.807, 2.05) is 6.08 Å². The van der Waals surface area contributed by atoms with Crippen molar-refractivity contribution in [2.24, 2.45) is 0 Å². The van der Waals surface area contributed by atoms with Crippen molar-refractivity contribution in [3.63, 3.8) is 0 Å². The summed E-state index contributed by atoms with van der Waals surface area (Å²) in [6.45, 7) is 0.537. The lowest BCUT2D eigenvalue weighted by atomic mass is 10.1. The van der Waals surface area contributed by atoms with Gasteiger partial charge in [0.2, 0.25) is 0 Å². The standard InChI is InChI=1S/C12H13F2NO2/c13-8-4-9(14)6-10(5-8)17-12-2-1-3-15-11(12)7-16/h1-2,4-6,11-12,15-16H,3,7H2/t11?,12-/m0/s1. The molecule has 0 bridgehead atoms. The van der Waals surface area contributed by atoms with Crippen molar-refractivity contribution in [1.29, 1.82) is 0 Å². The van der Waals surface area contributed by atoms with Gasteiger partial charge < -0.3 is 15.2 Å². The van der Waals surface area contributed by atoms with Gasteiger partial charge in [-0.2, -0.15) is 0 Å². The minimum absolute atomic E-state index is 0.104. The molecule has 2 atom stereocenters. The molecule has 1 aromatic rings. The summed E-state index contributed by atoms with van der Waals surface area (Å²) in [5.74, 6) is -1.26. The van der Waals surface area contributed by atoms with E-state index < -0.39 is 17.7 Å². The molecule has 92 valence electrons. The van der Waals surface area contributed by atoms with E-state index >= 15 is 0 Å². The number of halogens is 2. The van der Waals surface area contributed by atoms with Crippen LogP contribution in [-0.4, -0.2) is 30.4 Å². The van der Waals surface area contributed by atoms with Gasteiger partial charge in [0.15, 0.2) is 0 Å². The highest BCUT2D eigenvalue weighted by molar-refractivity contribution is 5.25. The number of hydrogen-bond donors (Lipinski definition) is 2. The Kier molecular flexibility index (Phi) is 3.71. The molecule has 0 amide bonds. The van der Waals surface area contributed by atoms with Gasteiger partial charge in [-0.15, -0.1) is 0 Å². The molecule has 3 nitrogen and oxygen atoms in total. The Bertz CT molecular complexity index is 403. The van der Waals surface area contributed by atoms with Crippen LogP contribution in [0.5, 0.6) is 5.75 Å². The number of aliphatic hydroxyl groups excluding tert-OH is 1. The van der Waals surface area contributed by atoms with Crippen LogP contribution in [0, 0.1) is 11.6 Å². The highest BCUT2D eigenvalue weighted by Gasteiger charge is 2.22. The Morgan fingerprint density at radius 2 is 2.00 bits per heavy atom. The normalized spacial score (nSPS) is 23.7. The van der Waals surface area contributed by atoms with Gasteiger partial charge in [0, 0.05) is 24.7 Å². The molecular formula is C12H13F2NO2. The fourth-order valence-electron chi connectivity index (χ4n) is 1.72. The number of aliphatic hydroxyl groups is 1. The number of benzene rings is 1. The summed E-state index contributed by atoms with van der Waals surface area (Å²) in [6, 6.07) is 2.73. The third-order valence-electron chi connectivity index (χ3n) is 2.53. The molecule has 1 heterocycles. The van der Waals surface area contributed by atoms with Crippen molar-refractivity contribution >= 4 is 0 Å². The Labute approximate surface area is 97.7 Å². The quantitative estimate of drug-likeness (QED) is 0.782. The second kappa shape index (κ2) is 5.25. The van der Waals surface area contributed by atoms with Crippen LogP contribution in [0.3, 0.4) is 0 Å². The minimum atomic E-state index is -0.687. The molecule has 0 radical (unpaired) electrons. The monoisotopic (exact) mass is 241 g/mol. The summed E-state index contributed by atoms with van der Waals surface area (Å²) in [7, 11) is 0. The SMILES string of the molecule is OCC1NCC=C[C@@H]1Oc1cc(F)cc(F)c1. The molecule has 0 saturated heterocycles. The first-order chi connectivity index (χ1) is 8.19. The fourth-order valence-corrected chi connectivity index (χ4v) is 1.72. The molecule has 17 heavy (non-hydrogen) atoms. The van der Waals surface area contributed by atoms with Gasteiger partial charge in [0.1, 0.15) is 23.5 Å². The zero-order valence-corrected chi connectivity index (χ0v) is 9.07. The Morgan fingerprint density at radius 1 is 1.29 bits per heavy atom. The lowest BCUT2D eigenvalue weighted by Gasteiger charge is -2.27. The van der Waals surface area contributed by atoms with Gasteiger partial charge >= 0.3 is 0 Å². The predicted octanol–water partition coefficient (Wildman–Crippen LogP) is 1.23. The average Bonchev–Trinajstić information content (AvgIpc) is 2.28. The van der Waals surface area contributed by atoms with E-state index in [0.29, 0.717) is 6.54 Å². The first-order valence-corrected chi connectivity index (χ1v) is 5.32. The van der Waals surface area contributed by atoms with E-state index in [0.717, 1.165) is 18.2 Å². The van der Waals surface area contributed by atoms with Crippen LogP contribution in [0.1, 0.15) is 0 Å². The molecule has 1 unspecified atom stereocenters. The van der Waals surface area contributed by atoms with Crippen LogP contribution in [0.25, 0.3) is 0 Å². The average molecular weight is 241 g/mol. The van der Waals surface area contributed by atoms with Crippen molar-refractivity contribution in [2.75, 3.05) is 13.2 Å². The van der Waals surface area contributed by atoms with E-state index in [4.69, 9.17) is 9.84 Å². The summed E-state index contributed by atoms with van der Waals surface area (Å²) in [5.41, 5.74) is 0. The van der Waals surface area contributed by atoms with Gasteiger partial charge in [-0.1, -0.05) is 6.08 Å². The number of rotatable bonds is 3. The summed E-state index contributed by atoms with van der Waals surface area (Å²) in [5, 5.41) is 12.1. The third-order valence-corrected chi connectivity index (χ3v) is 2.53.